The standard InChI is InChI=1S/C8H7ClN2/c1-6-7(8(9)10-2)4-3-5-11-6/h3-5H,1-2H2/b8-7-. The highest BCUT2D eigenvalue weighted by Crippen LogP contribution is 1.96. The van der Waals surface area contributed by atoms with Crippen molar-refractivity contribution in [2.24, 2.45) is 4.99 Å². The fourth-order valence-electron chi connectivity index (χ4n) is 0.711. The van der Waals surface area contributed by atoms with E-state index in [-0.39, 0.29) is 0 Å². The number of nitrogens with zero attached hydrogens (tertiary/aromatic N) is 2. The molecule has 0 aliphatic heterocycles. The molecule has 1 aromatic heterocycles. The topological polar surface area (TPSA) is 25.2 Å². The highest BCUT2D eigenvalue weighted by Gasteiger charge is 1.88. The zero-order valence-electron chi connectivity index (χ0n) is 5.92. The van der Waals surface area contributed by atoms with Crippen LogP contribution in [0.2, 0.25) is 0 Å². The Morgan fingerprint density at radius 1 is 1.64 bits per heavy atom. The van der Waals surface area contributed by atoms with Gasteiger partial charge in [0.25, 0.3) is 0 Å². The van der Waals surface area contributed by atoms with Crippen molar-refractivity contribution in [2.75, 3.05) is 0 Å². The number of pyridine rings is 1. The molecule has 2 nitrogen and oxygen atoms in total. The third-order valence-corrected chi connectivity index (χ3v) is 1.57. The van der Waals surface area contributed by atoms with Gasteiger partial charge in [-0.25, -0.2) is 0 Å². The van der Waals surface area contributed by atoms with Gasteiger partial charge in [0.2, 0.25) is 0 Å². The first-order chi connectivity index (χ1) is 5.25. The minimum absolute atomic E-state index is 0.336. The second-order valence-electron chi connectivity index (χ2n) is 1.95. The second kappa shape index (κ2) is 3.30. The maximum Gasteiger partial charge on any atom is 0.137 e. The molecule has 0 bridgehead atoms. The zero-order valence-corrected chi connectivity index (χ0v) is 6.67. The first-order valence-electron chi connectivity index (χ1n) is 3.02. The fourth-order valence-corrected chi connectivity index (χ4v) is 0.883. The molecule has 0 saturated carbocycles. The lowest BCUT2D eigenvalue weighted by Gasteiger charge is -1.88. The van der Waals surface area contributed by atoms with E-state index in [1.807, 2.05) is 0 Å². The summed E-state index contributed by atoms with van der Waals surface area (Å²) < 4.78 is 0. The number of rotatable bonds is 1. The molecule has 0 unspecified atom stereocenters. The summed E-state index contributed by atoms with van der Waals surface area (Å²) in [5.41, 5.74) is 0. The molecule has 0 fully saturated rings. The van der Waals surface area contributed by atoms with Crippen molar-refractivity contribution in [3.63, 3.8) is 0 Å². The van der Waals surface area contributed by atoms with Crippen LogP contribution in [0.3, 0.4) is 0 Å². The van der Waals surface area contributed by atoms with Gasteiger partial charge < -0.3 is 0 Å². The molecule has 1 heterocycles. The van der Waals surface area contributed by atoms with Crippen molar-refractivity contribution in [1.29, 1.82) is 0 Å². The van der Waals surface area contributed by atoms with E-state index in [1.165, 1.54) is 0 Å². The first kappa shape index (κ1) is 7.95. The Labute approximate surface area is 69.6 Å². The Bertz CT molecular complexity index is 370. The second-order valence-corrected chi connectivity index (χ2v) is 2.30. The molecule has 0 aliphatic rings. The van der Waals surface area contributed by atoms with Crippen LogP contribution in [0.4, 0.5) is 0 Å². The molecule has 0 saturated heterocycles. The van der Waals surface area contributed by atoms with Gasteiger partial charge in [-0.1, -0.05) is 18.2 Å². The van der Waals surface area contributed by atoms with Gasteiger partial charge in [-0.15, -0.1) is 0 Å². The third kappa shape index (κ3) is 1.65. The van der Waals surface area contributed by atoms with Crippen molar-refractivity contribution < 1.29 is 0 Å². The molecule has 0 amide bonds. The summed E-state index contributed by atoms with van der Waals surface area (Å²) in [6.45, 7) is 6.99. The summed E-state index contributed by atoms with van der Waals surface area (Å²) >= 11 is 5.70. The monoisotopic (exact) mass is 166 g/mol. The zero-order chi connectivity index (χ0) is 8.27. The molecule has 0 N–H and O–H groups in total. The lowest BCUT2D eigenvalue weighted by Crippen LogP contribution is -2.26. The van der Waals surface area contributed by atoms with E-state index in [1.54, 1.807) is 18.3 Å². The molecule has 0 aromatic carbocycles. The Hall–Kier alpha value is -1.15. The molecular weight excluding hydrogens is 160 g/mol. The van der Waals surface area contributed by atoms with Crippen molar-refractivity contribution in [3.8, 4) is 0 Å². The van der Waals surface area contributed by atoms with E-state index in [4.69, 9.17) is 11.6 Å². The third-order valence-electron chi connectivity index (χ3n) is 1.25. The predicted molar refractivity (Wildman–Crippen MR) is 47.8 cm³/mol. The maximum atomic E-state index is 5.70. The number of halogens is 1. The van der Waals surface area contributed by atoms with Gasteiger partial charge in [0.05, 0.1) is 5.35 Å². The summed E-state index contributed by atoms with van der Waals surface area (Å²) in [6, 6.07) is 3.57. The van der Waals surface area contributed by atoms with Crippen LogP contribution in [0, 0.1) is 0 Å². The average Bonchev–Trinajstić information content (AvgIpc) is 2.04. The van der Waals surface area contributed by atoms with Crippen LogP contribution in [-0.4, -0.2) is 11.7 Å². The molecule has 0 spiro atoms. The van der Waals surface area contributed by atoms with E-state index >= 15 is 0 Å². The molecule has 0 atom stereocenters. The van der Waals surface area contributed by atoms with E-state index in [2.05, 4.69) is 23.3 Å². The summed E-state index contributed by atoms with van der Waals surface area (Å²) in [6.07, 6.45) is 1.65. The molecule has 56 valence electrons. The summed E-state index contributed by atoms with van der Waals surface area (Å²) in [7, 11) is 0. The average molecular weight is 167 g/mol. The van der Waals surface area contributed by atoms with Gasteiger partial charge in [-0.05, 0) is 18.9 Å². The van der Waals surface area contributed by atoms with Gasteiger partial charge in [-0.3, -0.25) is 9.98 Å². The predicted octanol–water partition coefficient (Wildman–Crippen LogP) is 0.497. The number of aliphatic imine (C=N–C) groups is 1. The molecule has 11 heavy (non-hydrogen) atoms. The SMILES string of the molecule is C=N/C(Cl)=c1/cccnc1=C. The van der Waals surface area contributed by atoms with Crippen LogP contribution in [0.15, 0.2) is 23.3 Å². The number of aromatic nitrogens is 1. The highest BCUT2D eigenvalue weighted by molar-refractivity contribution is 6.45. The van der Waals surface area contributed by atoms with Crippen LogP contribution in [0.5, 0.6) is 0 Å². The van der Waals surface area contributed by atoms with Gasteiger partial charge in [-0.2, -0.15) is 0 Å². The smallest absolute Gasteiger partial charge is 0.137 e. The van der Waals surface area contributed by atoms with Crippen molar-refractivity contribution in [3.05, 3.63) is 28.9 Å². The minimum Gasteiger partial charge on any atom is -0.257 e. The van der Waals surface area contributed by atoms with Crippen molar-refractivity contribution >= 4 is 30.1 Å². The van der Waals surface area contributed by atoms with Gasteiger partial charge >= 0.3 is 0 Å². The van der Waals surface area contributed by atoms with Gasteiger partial charge in [0.1, 0.15) is 5.16 Å². The molecule has 1 aromatic rings. The maximum absolute atomic E-state index is 5.70. The van der Waals surface area contributed by atoms with Crippen LogP contribution >= 0.6 is 11.6 Å². The van der Waals surface area contributed by atoms with E-state index in [0.29, 0.717) is 10.5 Å². The number of hydrogen-bond donors (Lipinski definition) is 0. The van der Waals surface area contributed by atoms with Crippen LogP contribution in [0.25, 0.3) is 11.7 Å². The van der Waals surface area contributed by atoms with Crippen LogP contribution < -0.4 is 10.6 Å². The minimum atomic E-state index is 0.336. The lowest BCUT2D eigenvalue weighted by atomic mass is 10.4. The lowest BCUT2D eigenvalue weighted by molar-refractivity contribution is 1.22. The molecule has 1 rings (SSSR count). The van der Waals surface area contributed by atoms with Crippen LogP contribution in [0.1, 0.15) is 0 Å². The Kier molecular flexibility index (Phi) is 2.39. The van der Waals surface area contributed by atoms with Crippen molar-refractivity contribution in [2.45, 2.75) is 0 Å². The first-order valence-corrected chi connectivity index (χ1v) is 3.40. The van der Waals surface area contributed by atoms with E-state index in [9.17, 15) is 0 Å². The van der Waals surface area contributed by atoms with E-state index in [0.717, 1.165) is 5.22 Å². The fraction of sp³-hybridized carbons (Fsp3) is 0. The summed E-state index contributed by atoms with van der Waals surface area (Å²) in [4.78, 5) is 7.52. The van der Waals surface area contributed by atoms with Gasteiger partial charge in [0.15, 0.2) is 0 Å². The van der Waals surface area contributed by atoms with Crippen LogP contribution in [-0.2, 0) is 0 Å². The molecule has 0 radical (unpaired) electrons. The quantitative estimate of drug-likeness (QED) is 0.441. The largest absolute Gasteiger partial charge is 0.257 e. The normalized spacial score (nSPS) is 12.5. The highest BCUT2D eigenvalue weighted by atomic mass is 35.5. The molecule has 3 heteroatoms. The molecule has 0 aliphatic carbocycles. The summed E-state index contributed by atoms with van der Waals surface area (Å²) in [5, 5.41) is 1.68. The van der Waals surface area contributed by atoms with E-state index < -0.39 is 0 Å². The Morgan fingerprint density at radius 2 is 2.36 bits per heavy atom. The Balaban J connectivity index is 3.59. The van der Waals surface area contributed by atoms with Crippen molar-refractivity contribution in [1.82, 2.24) is 4.98 Å². The molecular formula is C8H7ClN2. The van der Waals surface area contributed by atoms with Gasteiger partial charge in [0, 0.05) is 11.4 Å². The number of hydrogen-bond acceptors (Lipinski definition) is 2. The Morgan fingerprint density at radius 3 is 2.91 bits per heavy atom. The summed E-state index contributed by atoms with van der Waals surface area (Å²) in [5.74, 6) is 0.